The van der Waals surface area contributed by atoms with E-state index in [-0.39, 0.29) is 16.1 Å². The van der Waals surface area contributed by atoms with Gasteiger partial charge in [0, 0.05) is 17.4 Å². The molecule has 92 valence electrons. The van der Waals surface area contributed by atoms with Gasteiger partial charge in [0.1, 0.15) is 11.6 Å². The highest BCUT2D eigenvalue weighted by atomic mass is 32.2. The van der Waals surface area contributed by atoms with Crippen molar-refractivity contribution in [3.8, 4) is 5.75 Å². The smallest absolute Gasteiger partial charge is 0.254 e. The van der Waals surface area contributed by atoms with Gasteiger partial charge >= 0.3 is 0 Å². The van der Waals surface area contributed by atoms with Crippen molar-refractivity contribution >= 4 is 17.7 Å². The van der Waals surface area contributed by atoms with Crippen LogP contribution in [0, 0.1) is 5.82 Å². The summed E-state index contributed by atoms with van der Waals surface area (Å²) in [4.78, 5) is 11.7. The molecular formula is C12H14FNO2S. The van der Waals surface area contributed by atoms with E-state index >= 15 is 0 Å². The van der Waals surface area contributed by atoms with E-state index in [0.717, 1.165) is 18.9 Å². The number of benzene rings is 1. The minimum absolute atomic E-state index is 0.0281. The number of amides is 1. The number of phenolic OH excluding ortho intramolecular Hbond substituents is 1. The van der Waals surface area contributed by atoms with E-state index in [1.54, 1.807) is 11.8 Å². The molecular weight excluding hydrogens is 241 g/mol. The molecule has 1 amide bonds. The van der Waals surface area contributed by atoms with E-state index in [9.17, 15) is 9.18 Å². The molecule has 1 aromatic rings. The Balaban J connectivity index is 2.00. The fourth-order valence-corrected chi connectivity index (χ4v) is 2.34. The quantitative estimate of drug-likeness (QED) is 0.866. The molecule has 0 radical (unpaired) electrons. The van der Waals surface area contributed by atoms with Crippen LogP contribution >= 0.6 is 11.8 Å². The molecule has 5 heteroatoms. The fraction of sp³-hybridized carbons (Fsp3) is 0.417. The topological polar surface area (TPSA) is 49.3 Å². The molecule has 0 unspecified atom stereocenters. The highest BCUT2D eigenvalue weighted by molar-refractivity contribution is 8.00. The molecule has 0 aromatic heterocycles. The van der Waals surface area contributed by atoms with Crippen LogP contribution in [0.5, 0.6) is 5.75 Å². The molecule has 0 saturated heterocycles. The molecule has 1 fully saturated rings. The zero-order chi connectivity index (χ0) is 12.5. The number of hydrogen-bond acceptors (Lipinski definition) is 3. The van der Waals surface area contributed by atoms with Gasteiger partial charge < -0.3 is 10.4 Å². The summed E-state index contributed by atoms with van der Waals surface area (Å²) in [6.07, 6.45) is 4.19. The number of hydrogen-bond donors (Lipinski definition) is 2. The van der Waals surface area contributed by atoms with Crippen LogP contribution < -0.4 is 5.32 Å². The van der Waals surface area contributed by atoms with Gasteiger partial charge in [0.05, 0.1) is 5.56 Å². The second-order valence-electron chi connectivity index (χ2n) is 4.23. The van der Waals surface area contributed by atoms with Crippen LogP contribution in [0.15, 0.2) is 18.2 Å². The number of nitrogens with one attached hydrogen (secondary N) is 1. The molecule has 2 rings (SSSR count). The molecule has 1 saturated carbocycles. The highest BCUT2D eigenvalue weighted by Gasteiger charge is 2.42. The van der Waals surface area contributed by atoms with E-state index in [2.05, 4.69) is 5.32 Å². The summed E-state index contributed by atoms with van der Waals surface area (Å²) in [5.41, 5.74) is -0.0281. The van der Waals surface area contributed by atoms with Gasteiger partial charge in [0.15, 0.2) is 0 Å². The predicted octanol–water partition coefficient (Wildman–Crippen LogP) is 2.16. The van der Waals surface area contributed by atoms with Crippen LogP contribution in [0.1, 0.15) is 23.2 Å². The van der Waals surface area contributed by atoms with Crippen molar-refractivity contribution in [2.24, 2.45) is 0 Å². The molecule has 0 spiro atoms. The standard InChI is InChI=1S/C12H14FNO2S/c1-17-12(4-5-12)7-14-11(16)9-3-2-8(15)6-10(9)13/h2-3,6,15H,4-5,7H2,1H3,(H,14,16). The second-order valence-corrected chi connectivity index (χ2v) is 5.51. The van der Waals surface area contributed by atoms with Gasteiger partial charge in [-0.05, 0) is 31.2 Å². The summed E-state index contributed by atoms with van der Waals surface area (Å²) < 4.78 is 13.5. The fourth-order valence-electron chi connectivity index (χ4n) is 1.62. The lowest BCUT2D eigenvalue weighted by Crippen LogP contribution is -2.32. The van der Waals surface area contributed by atoms with Gasteiger partial charge in [-0.25, -0.2) is 4.39 Å². The van der Waals surface area contributed by atoms with Gasteiger partial charge in [-0.3, -0.25) is 4.79 Å². The Morgan fingerprint density at radius 1 is 1.59 bits per heavy atom. The first-order chi connectivity index (χ1) is 8.06. The molecule has 0 atom stereocenters. The lowest BCUT2D eigenvalue weighted by atomic mass is 10.2. The van der Waals surface area contributed by atoms with Crippen molar-refractivity contribution in [3.63, 3.8) is 0 Å². The maximum Gasteiger partial charge on any atom is 0.254 e. The molecule has 17 heavy (non-hydrogen) atoms. The van der Waals surface area contributed by atoms with Crippen molar-refractivity contribution in [2.45, 2.75) is 17.6 Å². The average molecular weight is 255 g/mol. The molecule has 0 heterocycles. The number of phenols is 1. The van der Waals surface area contributed by atoms with Crippen LogP contribution in [0.25, 0.3) is 0 Å². The Hall–Kier alpha value is -1.23. The molecule has 2 N–H and O–H groups in total. The Bertz CT molecular complexity index is 446. The summed E-state index contributed by atoms with van der Waals surface area (Å²) in [5, 5.41) is 11.8. The van der Waals surface area contributed by atoms with Crippen LogP contribution in [0.4, 0.5) is 4.39 Å². The van der Waals surface area contributed by atoms with Crippen molar-refractivity contribution < 1.29 is 14.3 Å². The van der Waals surface area contributed by atoms with E-state index in [0.29, 0.717) is 6.54 Å². The third-order valence-electron chi connectivity index (χ3n) is 3.01. The lowest BCUT2D eigenvalue weighted by molar-refractivity contribution is 0.0949. The predicted molar refractivity (Wildman–Crippen MR) is 65.9 cm³/mol. The second kappa shape index (κ2) is 4.56. The monoisotopic (exact) mass is 255 g/mol. The molecule has 3 nitrogen and oxygen atoms in total. The molecule has 1 aliphatic carbocycles. The minimum atomic E-state index is -0.698. The summed E-state index contributed by atoms with van der Waals surface area (Å²) in [5.74, 6) is -1.30. The largest absolute Gasteiger partial charge is 0.508 e. The zero-order valence-corrected chi connectivity index (χ0v) is 10.3. The molecule has 0 bridgehead atoms. The maximum absolute atomic E-state index is 13.4. The zero-order valence-electron chi connectivity index (χ0n) is 9.50. The Labute approximate surface area is 103 Å². The number of rotatable bonds is 4. The van der Waals surface area contributed by atoms with Crippen molar-refractivity contribution in [1.82, 2.24) is 5.32 Å². The first-order valence-electron chi connectivity index (χ1n) is 5.38. The average Bonchev–Trinajstić information content (AvgIpc) is 3.07. The van der Waals surface area contributed by atoms with Crippen molar-refractivity contribution in [3.05, 3.63) is 29.6 Å². The van der Waals surface area contributed by atoms with Crippen molar-refractivity contribution in [1.29, 1.82) is 0 Å². The van der Waals surface area contributed by atoms with Crippen LogP contribution in [-0.4, -0.2) is 28.6 Å². The van der Waals surface area contributed by atoms with E-state index < -0.39 is 11.7 Å². The number of carbonyl (C=O) groups is 1. The lowest BCUT2D eigenvalue weighted by Gasteiger charge is -2.13. The minimum Gasteiger partial charge on any atom is -0.508 e. The third kappa shape index (κ3) is 2.72. The Morgan fingerprint density at radius 2 is 2.29 bits per heavy atom. The van der Waals surface area contributed by atoms with Gasteiger partial charge in [-0.2, -0.15) is 11.8 Å². The third-order valence-corrected chi connectivity index (χ3v) is 4.43. The van der Waals surface area contributed by atoms with Gasteiger partial charge in [0.25, 0.3) is 5.91 Å². The van der Waals surface area contributed by atoms with Gasteiger partial charge in [0.2, 0.25) is 0 Å². The normalized spacial score (nSPS) is 16.6. The number of thioether (sulfide) groups is 1. The molecule has 1 aromatic carbocycles. The van der Waals surface area contributed by atoms with E-state index in [1.807, 2.05) is 6.26 Å². The van der Waals surface area contributed by atoms with E-state index in [4.69, 9.17) is 5.11 Å². The highest BCUT2D eigenvalue weighted by Crippen LogP contribution is 2.46. The SMILES string of the molecule is CSC1(CNC(=O)c2ccc(O)cc2F)CC1. The van der Waals surface area contributed by atoms with Gasteiger partial charge in [-0.15, -0.1) is 0 Å². The first-order valence-corrected chi connectivity index (χ1v) is 6.61. The van der Waals surface area contributed by atoms with Crippen LogP contribution in [-0.2, 0) is 0 Å². The van der Waals surface area contributed by atoms with E-state index in [1.165, 1.54) is 12.1 Å². The first kappa shape index (κ1) is 12.2. The van der Waals surface area contributed by atoms with Crippen LogP contribution in [0.2, 0.25) is 0 Å². The molecule has 1 aliphatic rings. The van der Waals surface area contributed by atoms with Crippen LogP contribution in [0.3, 0.4) is 0 Å². The number of carbonyl (C=O) groups excluding carboxylic acids is 1. The summed E-state index contributed by atoms with van der Waals surface area (Å²) in [6.45, 7) is 0.563. The summed E-state index contributed by atoms with van der Waals surface area (Å²) >= 11 is 1.73. The molecule has 0 aliphatic heterocycles. The Morgan fingerprint density at radius 3 is 2.82 bits per heavy atom. The Kier molecular flexibility index (Phi) is 3.28. The summed E-state index contributed by atoms with van der Waals surface area (Å²) in [7, 11) is 0. The van der Waals surface area contributed by atoms with Gasteiger partial charge in [-0.1, -0.05) is 0 Å². The van der Waals surface area contributed by atoms with Crippen molar-refractivity contribution in [2.75, 3.05) is 12.8 Å². The number of aromatic hydroxyl groups is 1. The maximum atomic E-state index is 13.4. The number of halogens is 1. The summed E-state index contributed by atoms with van der Waals surface area (Å²) in [6, 6.07) is 3.54.